The van der Waals surface area contributed by atoms with E-state index in [-0.39, 0.29) is 6.10 Å². The number of anilines is 1. The van der Waals surface area contributed by atoms with E-state index in [0.717, 1.165) is 8.96 Å². The third-order valence-electron chi connectivity index (χ3n) is 3.61. The van der Waals surface area contributed by atoms with E-state index in [1.165, 1.54) is 6.33 Å². The second kappa shape index (κ2) is 5.10. The monoisotopic (exact) mass is 390 g/mol. The van der Waals surface area contributed by atoms with E-state index in [9.17, 15) is 10.2 Å². The van der Waals surface area contributed by atoms with Crippen LogP contribution in [0.15, 0.2) is 12.5 Å². The number of nitrogens with two attached hydrogens (primary N) is 1. The molecule has 7 nitrogen and oxygen atoms in total. The van der Waals surface area contributed by atoms with Crippen LogP contribution in [0.25, 0.3) is 11.0 Å². The van der Waals surface area contributed by atoms with Crippen molar-refractivity contribution >= 4 is 39.4 Å². The van der Waals surface area contributed by atoms with E-state index in [1.807, 2.05) is 6.92 Å². The summed E-state index contributed by atoms with van der Waals surface area (Å²) in [5, 5.41) is 20.9. The zero-order valence-electron chi connectivity index (χ0n) is 10.8. The number of aliphatic hydroxyl groups is 2. The Bertz CT molecular complexity index is 647. The van der Waals surface area contributed by atoms with Crippen molar-refractivity contribution in [3.63, 3.8) is 0 Å². The van der Waals surface area contributed by atoms with Crippen LogP contribution in [-0.4, -0.2) is 43.1 Å². The lowest BCUT2D eigenvalue weighted by Gasteiger charge is -2.17. The predicted octanol–water partition coefficient (Wildman–Crippen LogP) is 0.647. The van der Waals surface area contributed by atoms with Gasteiger partial charge in [-0.1, -0.05) is 6.92 Å². The molecule has 4 unspecified atom stereocenters. The van der Waals surface area contributed by atoms with Crippen molar-refractivity contribution in [3.8, 4) is 0 Å². The van der Waals surface area contributed by atoms with Gasteiger partial charge < -0.3 is 25.3 Å². The van der Waals surface area contributed by atoms with Gasteiger partial charge in [-0.25, -0.2) is 9.97 Å². The molecule has 0 bridgehead atoms. The van der Waals surface area contributed by atoms with Gasteiger partial charge in [0, 0.05) is 9.77 Å². The van der Waals surface area contributed by atoms with Crippen LogP contribution >= 0.6 is 22.6 Å². The van der Waals surface area contributed by atoms with Crippen molar-refractivity contribution in [1.29, 1.82) is 0 Å². The van der Waals surface area contributed by atoms with E-state index in [1.54, 1.807) is 10.8 Å². The second-order valence-electron chi connectivity index (χ2n) is 4.80. The van der Waals surface area contributed by atoms with E-state index in [4.69, 9.17) is 10.5 Å². The maximum absolute atomic E-state index is 10.2. The first kappa shape index (κ1) is 14.0. The molecule has 1 fully saturated rings. The molecule has 108 valence electrons. The summed E-state index contributed by atoms with van der Waals surface area (Å²) in [6.07, 6.45) is 0.845. The summed E-state index contributed by atoms with van der Waals surface area (Å²) < 4.78 is 8.32. The predicted molar refractivity (Wildman–Crippen MR) is 80.9 cm³/mol. The van der Waals surface area contributed by atoms with E-state index in [2.05, 4.69) is 32.6 Å². The fraction of sp³-hybridized carbons (Fsp3) is 0.500. The first-order valence-corrected chi connectivity index (χ1v) is 7.40. The molecule has 0 radical (unpaired) electrons. The molecule has 0 saturated carbocycles. The lowest BCUT2D eigenvalue weighted by Crippen LogP contribution is -2.31. The highest BCUT2D eigenvalue weighted by molar-refractivity contribution is 14.1. The SMILES string of the molecule is CCC1OC(n2cc(I)c3c(N)ncnc32)C(O)C1O. The molecular weight excluding hydrogens is 375 g/mol. The molecule has 0 spiro atoms. The average molecular weight is 390 g/mol. The molecule has 1 saturated heterocycles. The Labute approximate surface area is 128 Å². The van der Waals surface area contributed by atoms with Crippen LogP contribution in [0, 0.1) is 3.57 Å². The first-order valence-electron chi connectivity index (χ1n) is 6.32. The van der Waals surface area contributed by atoms with Gasteiger partial charge in [0.2, 0.25) is 0 Å². The molecular formula is C12H15IN4O3. The largest absolute Gasteiger partial charge is 0.388 e. The molecule has 0 amide bonds. The van der Waals surface area contributed by atoms with Crippen molar-refractivity contribution in [3.05, 3.63) is 16.1 Å². The zero-order chi connectivity index (χ0) is 14.4. The molecule has 4 atom stereocenters. The van der Waals surface area contributed by atoms with Crippen LogP contribution < -0.4 is 5.73 Å². The Balaban J connectivity index is 2.10. The summed E-state index contributed by atoms with van der Waals surface area (Å²) in [7, 11) is 0. The third-order valence-corrected chi connectivity index (χ3v) is 4.42. The van der Waals surface area contributed by atoms with Crippen LogP contribution in [0.4, 0.5) is 5.82 Å². The first-order chi connectivity index (χ1) is 9.54. The maximum Gasteiger partial charge on any atom is 0.164 e. The van der Waals surface area contributed by atoms with E-state index < -0.39 is 18.4 Å². The molecule has 1 aliphatic heterocycles. The topological polar surface area (TPSA) is 106 Å². The summed E-state index contributed by atoms with van der Waals surface area (Å²) in [6.45, 7) is 1.90. The lowest BCUT2D eigenvalue weighted by atomic mass is 10.1. The van der Waals surface area contributed by atoms with Crippen LogP contribution in [0.3, 0.4) is 0 Å². The Morgan fingerprint density at radius 1 is 1.40 bits per heavy atom. The number of fused-ring (bicyclic) bond motifs is 1. The molecule has 0 aliphatic carbocycles. The van der Waals surface area contributed by atoms with Crippen molar-refractivity contribution in [2.75, 3.05) is 5.73 Å². The van der Waals surface area contributed by atoms with Crippen molar-refractivity contribution in [2.45, 2.75) is 37.9 Å². The van der Waals surface area contributed by atoms with Crippen LogP contribution in [0.5, 0.6) is 0 Å². The van der Waals surface area contributed by atoms with E-state index in [0.29, 0.717) is 17.9 Å². The Hall–Kier alpha value is -0.970. The van der Waals surface area contributed by atoms with Crippen molar-refractivity contribution in [2.24, 2.45) is 0 Å². The normalized spacial score (nSPS) is 30.2. The average Bonchev–Trinajstić information content (AvgIpc) is 2.90. The molecule has 4 N–H and O–H groups in total. The number of nitrogens with zero attached hydrogens (tertiary/aromatic N) is 3. The number of hydrogen-bond donors (Lipinski definition) is 3. The molecule has 3 heterocycles. The van der Waals surface area contributed by atoms with Crippen molar-refractivity contribution in [1.82, 2.24) is 14.5 Å². The fourth-order valence-corrected chi connectivity index (χ4v) is 3.37. The molecule has 20 heavy (non-hydrogen) atoms. The third kappa shape index (κ3) is 1.98. The van der Waals surface area contributed by atoms with Gasteiger partial charge in [-0.15, -0.1) is 0 Å². The van der Waals surface area contributed by atoms with Gasteiger partial charge in [-0.3, -0.25) is 0 Å². The van der Waals surface area contributed by atoms with Gasteiger partial charge in [0.25, 0.3) is 0 Å². The summed E-state index contributed by atoms with van der Waals surface area (Å²) in [4.78, 5) is 8.18. The Morgan fingerprint density at radius 3 is 2.80 bits per heavy atom. The molecule has 3 rings (SSSR count). The summed E-state index contributed by atoms with van der Waals surface area (Å²) in [5.41, 5.74) is 6.46. The molecule has 1 aliphatic rings. The Morgan fingerprint density at radius 2 is 2.15 bits per heavy atom. The highest BCUT2D eigenvalue weighted by Crippen LogP contribution is 2.35. The number of ether oxygens (including phenoxy) is 1. The number of nitrogen functional groups attached to an aromatic ring is 1. The van der Waals surface area contributed by atoms with Gasteiger partial charge in [-0.2, -0.15) is 0 Å². The van der Waals surface area contributed by atoms with Gasteiger partial charge >= 0.3 is 0 Å². The minimum absolute atomic E-state index is 0.385. The number of aromatic nitrogens is 3. The number of aliphatic hydroxyl groups excluding tert-OH is 2. The minimum Gasteiger partial charge on any atom is -0.388 e. The Kier molecular flexibility index (Phi) is 3.56. The molecule has 8 heteroatoms. The minimum atomic E-state index is -0.998. The number of halogens is 1. The van der Waals surface area contributed by atoms with Crippen LogP contribution in [0.1, 0.15) is 19.6 Å². The van der Waals surface area contributed by atoms with Gasteiger partial charge in [0.15, 0.2) is 6.23 Å². The summed E-state index contributed by atoms with van der Waals surface area (Å²) in [5.74, 6) is 0.387. The molecule has 2 aromatic heterocycles. The highest BCUT2D eigenvalue weighted by Gasteiger charge is 2.43. The summed E-state index contributed by atoms with van der Waals surface area (Å²) >= 11 is 2.14. The second-order valence-corrected chi connectivity index (χ2v) is 5.96. The van der Waals surface area contributed by atoms with Gasteiger partial charge in [0.05, 0.1) is 11.5 Å². The van der Waals surface area contributed by atoms with E-state index >= 15 is 0 Å². The zero-order valence-corrected chi connectivity index (χ0v) is 12.9. The number of hydrogen-bond acceptors (Lipinski definition) is 6. The fourth-order valence-electron chi connectivity index (χ4n) is 2.55. The number of rotatable bonds is 2. The maximum atomic E-state index is 10.2. The molecule has 2 aromatic rings. The van der Waals surface area contributed by atoms with Crippen LogP contribution in [-0.2, 0) is 4.74 Å². The van der Waals surface area contributed by atoms with Crippen LogP contribution in [0.2, 0.25) is 0 Å². The highest BCUT2D eigenvalue weighted by atomic mass is 127. The lowest BCUT2D eigenvalue weighted by molar-refractivity contribution is -0.0353. The quantitative estimate of drug-likeness (QED) is 0.651. The summed E-state index contributed by atoms with van der Waals surface area (Å²) in [6, 6.07) is 0. The van der Waals surface area contributed by atoms with Gasteiger partial charge in [0.1, 0.15) is 30.0 Å². The smallest absolute Gasteiger partial charge is 0.164 e. The van der Waals surface area contributed by atoms with Gasteiger partial charge in [-0.05, 0) is 29.0 Å². The molecule has 0 aromatic carbocycles. The van der Waals surface area contributed by atoms with Crippen molar-refractivity contribution < 1.29 is 14.9 Å². The standard InChI is InChI=1S/C12H15IN4O3/c1-2-6-8(18)9(19)12(20-6)17-3-5(13)7-10(14)15-4-16-11(7)17/h3-4,6,8-9,12,18-19H,2H2,1H3,(H2,14,15,16).